The smallest absolute Gasteiger partial charge is 0.264 e. The highest BCUT2D eigenvalue weighted by Gasteiger charge is 2.50. The van der Waals surface area contributed by atoms with Gasteiger partial charge in [0.2, 0.25) is 10.0 Å². The molecule has 5 aliphatic rings. The highest BCUT2D eigenvalue weighted by Crippen LogP contribution is 2.55. The summed E-state index contributed by atoms with van der Waals surface area (Å²) < 4.78 is 48.6. The number of rotatable bonds is 2. The van der Waals surface area contributed by atoms with Crippen LogP contribution in [0.15, 0.2) is 36.4 Å². The summed E-state index contributed by atoms with van der Waals surface area (Å²) in [7, 11) is -1.97. The molecule has 7 rings (SSSR count). The number of sulfonamides is 1. The predicted molar refractivity (Wildman–Crippen MR) is 187 cm³/mol. The maximum Gasteiger partial charge on any atom is 0.264 e. The van der Waals surface area contributed by atoms with E-state index in [9.17, 15) is 13.2 Å². The van der Waals surface area contributed by atoms with Crippen molar-refractivity contribution in [2.75, 3.05) is 44.9 Å². The molecule has 4 atom stereocenters. The summed E-state index contributed by atoms with van der Waals surface area (Å²) >= 11 is 6.47. The van der Waals surface area contributed by atoms with Crippen molar-refractivity contribution in [2.24, 2.45) is 17.3 Å². The summed E-state index contributed by atoms with van der Waals surface area (Å²) in [5.41, 5.74) is 3.56. The topological polar surface area (TPSA) is 106 Å². The van der Waals surface area contributed by atoms with E-state index in [4.69, 9.17) is 25.8 Å². The number of hydrogen-bond acceptors (Lipinski definition) is 8. The molecular formula is C37H50ClN3O6S. The van der Waals surface area contributed by atoms with E-state index in [1.807, 2.05) is 32.2 Å². The van der Waals surface area contributed by atoms with Crippen molar-refractivity contribution in [3.8, 4) is 5.75 Å². The van der Waals surface area contributed by atoms with Crippen LogP contribution in [-0.4, -0.2) is 71.9 Å². The van der Waals surface area contributed by atoms with Gasteiger partial charge in [-0.3, -0.25) is 4.79 Å². The average molecular weight is 700 g/mol. The summed E-state index contributed by atoms with van der Waals surface area (Å²) in [4.78, 5) is 16.0. The van der Waals surface area contributed by atoms with Gasteiger partial charge in [-0.1, -0.05) is 31.0 Å². The van der Waals surface area contributed by atoms with Gasteiger partial charge in [0.25, 0.3) is 5.91 Å². The van der Waals surface area contributed by atoms with Gasteiger partial charge in [-0.2, -0.15) is 0 Å². The second-order valence-corrected chi connectivity index (χ2v) is 17.8. The number of benzene rings is 2. The minimum Gasteiger partial charge on any atom is -0.490 e. The fourth-order valence-corrected chi connectivity index (χ4v) is 10.1. The molecule has 2 fully saturated rings. The first kappa shape index (κ1) is 34.1. The Balaban J connectivity index is 1.28. The van der Waals surface area contributed by atoms with E-state index < -0.39 is 21.2 Å². The fourth-order valence-electron chi connectivity index (χ4n) is 8.61. The minimum atomic E-state index is -3.90. The van der Waals surface area contributed by atoms with E-state index in [2.05, 4.69) is 27.1 Å². The van der Waals surface area contributed by atoms with E-state index in [-0.39, 0.29) is 35.0 Å². The van der Waals surface area contributed by atoms with Gasteiger partial charge in [0, 0.05) is 35.0 Å². The number of anilines is 1. The molecule has 2 bridgehead atoms. The van der Waals surface area contributed by atoms with Gasteiger partial charge >= 0.3 is 0 Å². The van der Waals surface area contributed by atoms with Crippen LogP contribution in [0.5, 0.6) is 5.75 Å². The Morgan fingerprint density at radius 2 is 1.79 bits per heavy atom. The van der Waals surface area contributed by atoms with Crippen molar-refractivity contribution in [3.05, 3.63) is 58.1 Å². The number of nitrogens with zero attached hydrogens (tertiary/aromatic N) is 1. The lowest BCUT2D eigenvalue weighted by Gasteiger charge is -2.42. The average Bonchev–Trinajstić information content (AvgIpc) is 3.86. The van der Waals surface area contributed by atoms with Gasteiger partial charge in [-0.05, 0) is 118 Å². The molecule has 2 aliphatic carbocycles. The Bertz CT molecular complexity index is 1620. The Morgan fingerprint density at radius 3 is 2.54 bits per heavy atom. The van der Waals surface area contributed by atoms with Gasteiger partial charge in [0.1, 0.15) is 5.75 Å². The van der Waals surface area contributed by atoms with Crippen LogP contribution in [0.4, 0.5) is 5.69 Å². The fraction of sp³-hybridized carbons (Fsp3) is 0.649. The van der Waals surface area contributed by atoms with Crippen molar-refractivity contribution < 1.29 is 27.4 Å². The molecule has 1 saturated carbocycles. The number of carbonyl (C=O) groups excluding carboxylic acids is 1. The molecule has 48 heavy (non-hydrogen) atoms. The molecule has 0 aromatic heterocycles. The summed E-state index contributed by atoms with van der Waals surface area (Å²) in [6.07, 6.45) is 8.42. The summed E-state index contributed by atoms with van der Waals surface area (Å²) in [5.74, 6) is 0.187. The van der Waals surface area contributed by atoms with Crippen molar-refractivity contribution in [3.63, 3.8) is 0 Å². The van der Waals surface area contributed by atoms with Crippen LogP contribution in [-0.2, 0) is 31.3 Å². The number of aryl methyl sites for hydroxylation is 1. The van der Waals surface area contributed by atoms with Gasteiger partial charge < -0.3 is 24.4 Å². The summed E-state index contributed by atoms with van der Waals surface area (Å²) in [5, 5.41) is 3.30. The van der Waals surface area contributed by atoms with Gasteiger partial charge in [0.15, 0.2) is 6.29 Å². The SMILES string of the molecule is CNC1COC([C@@H]2CCC[C@H](C)[C@@H](C)S(=O)(=O)NC(=O)c3ccc4c(c3)N(CC3(CC3)C2)C[C@@]2(CCCc3cc(Cl)ccc32)CO4)OC1. The van der Waals surface area contributed by atoms with E-state index >= 15 is 0 Å². The molecule has 3 aliphatic heterocycles. The number of hydrogen-bond donors (Lipinski definition) is 2. The first-order valence-corrected chi connectivity index (χ1v) is 19.7. The standard InChI is InChI=1S/C37H50ClN3O6S/c1-24-6-4-7-28(35-45-19-30(39-3)20-46-35)18-36(14-15-36)21-41-22-37(13-5-8-26-16-29(38)10-11-31(26)37)23-47-33-12-9-27(17-32(33)41)34(42)40-48(43,44)25(24)2/h9-12,16-17,24-25,28,30,35,39H,4-8,13-15,18-23H2,1-3H3,(H,40,42)/t24-,25+,28+,30?,35?,37-/m0/s1. The summed E-state index contributed by atoms with van der Waals surface area (Å²) in [6.45, 7) is 6.96. The maximum absolute atomic E-state index is 13.5. The van der Waals surface area contributed by atoms with E-state index in [1.165, 1.54) is 11.1 Å². The first-order chi connectivity index (χ1) is 23.0. The van der Waals surface area contributed by atoms with Crippen molar-refractivity contribution in [1.82, 2.24) is 10.0 Å². The first-order valence-electron chi connectivity index (χ1n) is 17.8. The molecule has 2 aromatic carbocycles. The molecule has 1 saturated heterocycles. The Kier molecular flexibility index (Phi) is 9.52. The molecule has 11 heteroatoms. The van der Waals surface area contributed by atoms with E-state index in [0.29, 0.717) is 25.4 Å². The van der Waals surface area contributed by atoms with E-state index in [1.54, 1.807) is 13.0 Å². The zero-order chi connectivity index (χ0) is 33.7. The van der Waals surface area contributed by atoms with Crippen LogP contribution in [0.1, 0.15) is 86.7 Å². The zero-order valence-corrected chi connectivity index (χ0v) is 30.0. The van der Waals surface area contributed by atoms with Crippen LogP contribution in [0.2, 0.25) is 5.02 Å². The largest absolute Gasteiger partial charge is 0.490 e. The van der Waals surface area contributed by atoms with Gasteiger partial charge in [-0.15, -0.1) is 0 Å². The monoisotopic (exact) mass is 699 g/mol. The number of fused-ring (bicyclic) bond motifs is 3. The number of nitrogens with one attached hydrogen (secondary N) is 2. The minimum absolute atomic E-state index is 0.0785. The lowest BCUT2D eigenvalue weighted by molar-refractivity contribution is -0.218. The quantitative estimate of drug-likeness (QED) is 0.404. The molecule has 2 spiro atoms. The lowest BCUT2D eigenvalue weighted by Crippen LogP contribution is -2.48. The van der Waals surface area contributed by atoms with Crippen molar-refractivity contribution >= 4 is 33.2 Å². The molecule has 2 aromatic rings. The number of carbonyl (C=O) groups is 1. The highest BCUT2D eigenvalue weighted by molar-refractivity contribution is 7.90. The number of amides is 1. The second-order valence-electron chi connectivity index (χ2n) is 15.3. The third-order valence-corrected chi connectivity index (χ3v) is 14.1. The predicted octanol–water partition coefficient (Wildman–Crippen LogP) is 5.83. The van der Waals surface area contributed by atoms with Gasteiger partial charge in [0.05, 0.1) is 36.8 Å². The van der Waals surface area contributed by atoms with E-state index in [0.717, 1.165) is 87.3 Å². The number of likely N-dealkylation sites (N-methyl/N-ethyl adjacent to an activating group) is 1. The Morgan fingerprint density at radius 1 is 1.00 bits per heavy atom. The Labute approximate surface area is 290 Å². The molecular weight excluding hydrogens is 650 g/mol. The molecule has 3 heterocycles. The molecule has 262 valence electrons. The Hall–Kier alpha value is -2.37. The van der Waals surface area contributed by atoms with Crippen LogP contribution in [0, 0.1) is 17.3 Å². The van der Waals surface area contributed by atoms with Crippen molar-refractivity contribution in [2.45, 2.75) is 94.6 Å². The number of ether oxygens (including phenoxy) is 3. The highest BCUT2D eigenvalue weighted by atomic mass is 35.5. The number of halogens is 1. The third kappa shape index (κ3) is 6.84. The zero-order valence-electron chi connectivity index (χ0n) is 28.4. The van der Waals surface area contributed by atoms with Crippen LogP contribution < -0.4 is 19.7 Å². The molecule has 0 radical (unpaired) electrons. The van der Waals surface area contributed by atoms with Crippen LogP contribution in [0.3, 0.4) is 0 Å². The van der Waals surface area contributed by atoms with Gasteiger partial charge in [-0.25, -0.2) is 13.1 Å². The molecule has 0 unspecified atom stereocenters. The second kappa shape index (κ2) is 13.4. The molecule has 2 N–H and O–H groups in total. The lowest BCUT2D eigenvalue weighted by atomic mass is 9.70. The molecule has 9 nitrogen and oxygen atoms in total. The normalized spacial score (nSPS) is 33.3. The third-order valence-electron chi connectivity index (χ3n) is 12.0. The van der Waals surface area contributed by atoms with Crippen LogP contribution in [0.25, 0.3) is 0 Å². The van der Waals surface area contributed by atoms with Crippen molar-refractivity contribution in [1.29, 1.82) is 0 Å². The maximum atomic E-state index is 13.5. The molecule has 1 amide bonds. The van der Waals surface area contributed by atoms with Crippen LogP contribution >= 0.6 is 11.6 Å². The summed E-state index contributed by atoms with van der Waals surface area (Å²) in [6, 6.07) is 11.8.